The number of nitrogens with zero attached hydrogens (tertiary/aromatic N) is 4. The molecule has 8 heteroatoms. The minimum Gasteiger partial charge on any atom is -0.267 e. The van der Waals surface area contributed by atoms with Crippen LogP contribution in [0.4, 0.5) is 0 Å². The fourth-order valence-electron chi connectivity index (χ4n) is 3.33. The first-order chi connectivity index (χ1) is 15.0. The van der Waals surface area contributed by atoms with Crippen LogP contribution in [0.1, 0.15) is 46.2 Å². The fourth-order valence-corrected chi connectivity index (χ4v) is 3.33. The Morgan fingerprint density at radius 2 is 1.77 bits per heavy atom. The molecule has 1 aromatic carbocycles. The highest BCUT2D eigenvalue weighted by molar-refractivity contribution is 6.07. The lowest BCUT2D eigenvalue weighted by Gasteiger charge is -2.12. The lowest BCUT2D eigenvalue weighted by molar-refractivity contribution is 0.0847. The van der Waals surface area contributed by atoms with E-state index in [2.05, 4.69) is 20.9 Å². The number of nitrogens with one attached hydrogen (secondary N) is 2. The summed E-state index contributed by atoms with van der Waals surface area (Å²) in [7, 11) is 0. The number of benzene rings is 1. The molecular formula is C23H22N6O2. The van der Waals surface area contributed by atoms with E-state index < -0.39 is 11.8 Å². The summed E-state index contributed by atoms with van der Waals surface area (Å²) in [4.78, 5) is 34.0. The van der Waals surface area contributed by atoms with Crippen molar-refractivity contribution in [2.45, 2.75) is 26.8 Å². The Bertz CT molecular complexity index is 1260. The van der Waals surface area contributed by atoms with E-state index in [-0.39, 0.29) is 6.04 Å². The Labute approximate surface area is 179 Å². The molecule has 0 spiro atoms. The number of rotatable bonds is 4. The van der Waals surface area contributed by atoms with E-state index in [0.717, 1.165) is 11.1 Å². The molecule has 0 aliphatic heterocycles. The maximum atomic E-state index is 13.0. The highest BCUT2D eigenvalue weighted by Gasteiger charge is 2.19. The Morgan fingerprint density at radius 1 is 1.00 bits per heavy atom. The standard InChI is InChI=1S/C23H22N6O2/c1-14(2)29-21-19(13-25-29)18(11-20(26-21)17-9-5-4-7-15(17)3)23(31)28-27-22(30)16-8-6-10-24-12-16/h4-14H,1-3H3,(H,27,30)(H,28,31). The highest BCUT2D eigenvalue weighted by atomic mass is 16.2. The Morgan fingerprint density at radius 3 is 2.48 bits per heavy atom. The molecule has 0 aliphatic rings. The van der Waals surface area contributed by atoms with Crippen LogP contribution < -0.4 is 10.9 Å². The minimum atomic E-state index is -0.456. The van der Waals surface area contributed by atoms with Crippen molar-refractivity contribution in [2.75, 3.05) is 0 Å². The number of hydrazine groups is 1. The zero-order valence-electron chi connectivity index (χ0n) is 17.5. The van der Waals surface area contributed by atoms with Crippen LogP contribution in [-0.4, -0.2) is 31.6 Å². The molecule has 3 aromatic heterocycles. The van der Waals surface area contributed by atoms with E-state index in [1.165, 1.54) is 6.20 Å². The Kier molecular flexibility index (Phi) is 5.44. The second-order valence-electron chi connectivity index (χ2n) is 7.44. The summed E-state index contributed by atoms with van der Waals surface area (Å²) in [6.07, 6.45) is 4.62. The molecule has 2 N–H and O–H groups in total. The lowest BCUT2D eigenvalue weighted by Crippen LogP contribution is -2.41. The number of carbonyl (C=O) groups excluding carboxylic acids is 2. The van der Waals surface area contributed by atoms with Gasteiger partial charge in [0.05, 0.1) is 28.4 Å². The first-order valence-electron chi connectivity index (χ1n) is 9.90. The van der Waals surface area contributed by atoms with Gasteiger partial charge < -0.3 is 0 Å². The number of hydrogen-bond donors (Lipinski definition) is 2. The third kappa shape index (κ3) is 4.00. The molecule has 0 bridgehead atoms. The number of aryl methyl sites for hydroxylation is 1. The fraction of sp³-hybridized carbons (Fsp3) is 0.174. The molecule has 0 fully saturated rings. The van der Waals surface area contributed by atoms with Crippen LogP contribution in [0.25, 0.3) is 22.3 Å². The Hall–Kier alpha value is -4.07. The molecular weight excluding hydrogens is 392 g/mol. The maximum Gasteiger partial charge on any atom is 0.271 e. The molecule has 3 heterocycles. The van der Waals surface area contributed by atoms with Crippen LogP contribution in [0, 0.1) is 6.92 Å². The summed E-state index contributed by atoms with van der Waals surface area (Å²) < 4.78 is 1.78. The second-order valence-corrected chi connectivity index (χ2v) is 7.44. The van der Waals surface area contributed by atoms with E-state index in [1.54, 1.807) is 35.3 Å². The number of amides is 2. The van der Waals surface area contributed by atoms with Gasteiger partial charge in [-0.3, -0.25) is 25.4 Å². The van der Waals surface area contributed by atoms with E-state index in [4.69, 9.17) is 4.98 Å². The highest BCUT2D eigenvalue weighted by Crippen LogP contribution is 2.28. The van der Waals surface area contributed by atoms with Gasteiger partial charge in [-0.15, -0.1) is 0 Å². The van der Waals surface area contributed by atoms with Gasteiger partial charge in [-0.1, -0.05) is 24.3 Å². The molecule has 31 heavy (non-hydrogen) atoms. The van der Waals surface area contributed by atoms with Gasteiger partial charge in [0.15, 0.2) is 5.65 Å². The van der Waals surface area contributed by atoms with Crippen LogP contribution in [0.2, 0.25) is 0 Å². The first-order valence-corrected chi connectivity index (χ1v) is 9.90. The van der Waals surface area contributed by atoms with Gasteiger partial charge in [0, 0.05) is 24.0 Å². The van der Waals surface area contributed by atoms with Crippen molar-refractivity contribution < 1.29 is 9.59 Å². The maximum absolute atomic E-state index is 13.0. The van der Waals surface area contributed by atoms with E-state index in [1.807, 2.05) is 45.0 Å². The molecule has 4 rings (SSSR count). The van der Waals surface area contributed by atoms with Gasteiger partial charge in [-0.25, -0.2) is 9.67 Å². The normalized spacial score (nSPS) is 11.0. The molecule has 4 aromatic rings. The molecule has 0 atom stereocenters. The van der Waals surface area contributed by atoms with Crippen LogP contribution in [0.15, 0.2) is 61.1 Å². The number of carbonyl (C=O) groups is 2. The number of hydrogen-bond acceptors (Lipinski definition) is 5. The number of fused-ring (bicyclic) bond motifs is 1. The van der Waals surface area contributed by atoms with Crippen LogP contribution in [-0.2, 0) is 0 Å². The minimum absolute atomic E-state index is 0.0679. The van der Waals surface area contributed by atoms with Gasteiger partial charge >= 0.3 is 0 Å². The molecule has 8 nitrogen and oxygen atoms in total. The molecule has 0 unspecified atom stereocenters. The third-order valence-corrected chi connectivity index (χ3v) is 4.93. The van der Waals surface area contributed by atoms with E-state index in [9.17, 15) is 9.59 Å². The van der Waals surface area contributed by atoms with E-state index in [0.29, 0.717) is 27.9 Å². The average molecular weight is 414 g/mol. The van der Waals surface area contributed by atoms with Crippen molar-refractivity contribution in [3.05, 3.63) is 77.7 Å². The van der Waals surface area contributed by atoms with Crippen molar-refractivity contribution in [3.63, 3.8) is 0 Å². The summed E-state index contributed by atoms with van der Waals surface area (Å²) in [5.41, 5.74) is 8.89. The molecule has 2 amide bonds. The van der Waals surface area contributed by atoms with Crippen molar-refractivity contribution in [1.82, 2.24) is 30.6 Å². The topological polar surface area (TPSA) is 102 Å². The molecule has 0 aliphatic carbocycles. The molecule has 0 radical (unpaired) electrons. The summed E-state index contributed by atoms with van der Waals surface area (Å²) in [6.45, 7) is 6.00. The second kappa shape index (κ2) is 8.35. The van der Waals surface area contributed by atoms with Crippen LogP contribution in [0.5, 0.6) is 0 Å². The van der Waals surface area contributed by atoms with Gasteiger partial charge in [0.2, 0.25) is 0 Å². The smallest absolute Gasteiger partial charge is 0.267 e. The van der Waals surface area contributed by atoms with E-state index >= 15 is 0 Å². The van der Waals surface area contributed by atoms with Crippen LogP contribution >= 0.6 is 0 Å². The SMILES string of the molecule is Cc1ccccc1-c1cc(C(=O)NNC(=O)c2cccnc2)c2cnn(C(C)C)c2n1. The molecule has 156 valence electrons. The number of pyridine rings is 2. The van der Waals surface area contributed by atoms with Crippen molar-refractivity contribution in [3.8, 4) is 11.3 Å². The summed E-state index contributed by atoms with van der Waals surface area (Å²) >= 11 is 0. The van der Waals surface area contributed by atoms with Crippen molar-refractivity contribution >= 4 is 22.8 Å². The monoisotopic (exact) mass is 414 g/mol. The van der Waals surface area contributed by atoms with Gasteiger partial charge in [-0.05, 0) is 44.5 Å². The Balaban J connectivity index is 1.73. The van der Waals surface area contributed by atoms with Crippen molar-refractivity contribution in [1.29, 1.82) is 0 Å². The zero-order chi connectivity index (χ0) is 22.0. The average Bonchev–Trinajstić information content (AvgIpc) is 3.22. The first kappa shape index (κ1) is 20.2. The zero-order valence-corrected chi connectivity index (χ0v) is 17.5. The van der Waals surface area contributed by atoms with Crippen molar-refractivity contribution in [2.24, 2.45) is 0 Å². The largest absolute Gasteiger partial charge is 0.271 e. The van der Waals surface area contributed by atoms with Gasteiger partial charge in [0.1, 0.15) is 0 Å². The van der Waals surface area contributed by atoms with Crippen LogP contribution in [0.3, 0.4) is 0 Å². The lowest BCUT2D eigenvalue weighted by atomic mass is 10.0. The quantitative estimate of drug-likeness (QED) is 0.498. The predicted octanol–water partition coefficient (Wildman–Crippen LogP) is 3.46. The summed E-state index contributed by atoms with van der Waals surface area (Å²) in [6, 6.07) is 12.9. The van der Waals surface area contributed by atoms with Gasteiger partial charge in [0.25, 0.3) is 11.8 Å². The third-order valence-electron chi connectivity index (χ3n) is 4.93. The predicted molar refractivity (Wildman–Crippen MR) is 117 cm³/mol. The van der Waals surface area contributed by atoms with Gasteiger partial charge in [-0.2, -0.15) is 5.10 Å². The molecule has 0 saturated heterocycles. The summed E-state index contributed by atoms with van der Waals surface area (Å²) in [5, 5.41) is 5.03. The summed E-state index contributed by atoms with van der Waals surface area (Å²) in [5.74, 6) is -0.911. The molecule has 0 saturated carbocycles. The number of aromatic nitrogens is 4.